The minimum absolute atomic E-state index is 0.0712. The second-order valence-electron chi connectivity index (χ2n) is 7.08. The van der Waals surface area contributed by atoms with Gasteiger partial charge in [0.05, 0.1) is 39.2 Å². The van der Waals surface area contributed by atoms with Gasteiger partial charge in [0.1, 0.15) is 5.75 Å². The maximum atomic E-state index is 12.7. The molecule has 2 aromatic rings. The van der Waals surface area contributed by atoms with E-state index >= 15 is 0 Å². The van der Waals surface area contributed by atoms with E-state index in [9.17, 15) is 4.79 Å². The molecule has 1 heterocycles. The molecule has 7 nitrogen and oxygen atoms in total. The summed E-state index contributed by atoms with van der Waals surface area (Å²) in [6, 6.07) is 7.46. The molecule has 1 aliphatic carbocycles. The van der Waals surface area contributed by atoms with Crippen molar-refractivity contribution in [3.63, 3.8) is 0 Å². The Labute approximate surface area is 171 Å². The first-order valence-electron chi connectivity index (χ1n) is 9.74. The number of nitrogens with zero attached hydrogens (tertiary/aromatic N) is 1. The van der Waals surface area contributed by atoms with Crippen molar-refractivity contribution in [1.29, 1.82) is 0 Å². The van der Waals surface area contributed by atoms with E-state index < -0.39 is 0 Å². The fourth-order valence-corrected chi connectivity index (χ4v) is 3.61. The Morgan fingerprint density at radius 1 is 1.00 bits per heavy atom. The number of carbonyl (C=O) groups excluding carboxylic acids is 1. The minimum Gasteiger partial charge on any atom is -0.494 e. The van der Waals surface area contributed by atoms with Gasteiger partial charge in [0.15, 0.2) is 11.5 Å². The summed E-state index contributed by atoms with van der Waals surface area (Å²) in [5.41, 5.74) is 1.29. The molecule has 1 aliphatic rings. The molecular formula is C22H28N2O5. The second kappa shape index (κ2) is 9.49. The van der Waals surface area contributed by atoms with Crippen molar-refractivity contribution in [2.45, 2.75) is 44.8 Å². The van der Waals surface area contributed by atoms with Gasteiger partial charge in [-0.1, -0.05) is 6.07 Å². The van der Waals surface area contributed by atoms with Crippen LogP contribution in [0.2, 0.25) is 0 Å². The highest BCUT2D eigenvalue weighted by atomic mass is 16.5. The standard InChI is InChI=1S/C22H28N2O5/c1-14-12-17(20(27-3)13-23-14)22(25)24-15-8-10-16(11-9-15)29-19-7-5-6-18(26-2)21(19)28-4/h5-7,12-13,15-16H,8-11H2,1-4H3,(H,24,25). The van der Waals surface area contributed by atoms with Crippen LogP contribution in [0.5, 0.6) is 23.0 Å². The van der Waals surface area contributed by atoms with Gasteiger partial charge >= 0.3 is 0 Å². The van der Waals surface area contributed by atoms with Gasteiger partial charge in [-0.15, -0.1) is 0 Å². The maximum absolute atomic E-state index is 12.7. The van der Waals surface area contributed by atoms with Gasteiger partial charge in [-0.05, 0) is 50.8 Å². The number of methoxy groups -OCH3 is 3. The third-order valence-electron chi connectivity index (χ3n) is 5.14. The fraction of sp³-hybridized carbons (Fsp3) is 0.455. The number of hydrogen-bond acceptors (Lipinski definition) is 6. The number of amides is 1. The predicted octanol–water partition coefficient (Wildman–Crippen LogP) is 3.54. The molecule has 29 heavy (non-hydrogen) atoms. The lowest BCUT2D eigenvalue weighted by Gasteiger charge is -2.30. The fourth-order valence-electron chi connectivity index (χ4n) is 3.61. The van der Waals surface area contributed by atoms with Crippen LogP contribution >= 0.6 is 0 Å². The lowest BCUT2D eigenvalue weighted by atomic mass is 9.92. The van der Waals surface area contributed by atoms with Crippen molar-refractivity contribution in [2.75, 3.05) is 21.3 Å². The smallest absolute Gasteiger partial charge is 0.255 e. The molecule has 0 bridgehead atoms. The molecule has 1 aromatic heterocycles. The summed E-state index contributed by atoms with van der Waals surface area (Å²) in [5.74, 6) is 2.27. The van der Waals surface area contributed by atoms with Crippen LogP contribution in [-0.4, -0.2) is 44.4 Å². The second-order valence-corrected chi connectivity index (χ2v) is 7.08. The zero-order valence-electron chi connectivity index (χ0n) is 17.4. The number of ether oxygens (including phenoxy) is 4. The van der Waals surface area contributed by atoms with Crippen LogP contribution in [0, 0.1) is 6.92 Å². The summed E-state index contributed by atoms with van der Waals surface area (Å²) in [6.45, 7) is 1.85. The van der Waals surface area contributed by atoms with E-state index in [2.05, 4.69) is 10.3 Å². The number of rotatable bonds is 7. The number of hydrogen-bond donors (Lipinski definition) is 1. The molecular weight excluding hydrogens is 372 g/mol. The normalized spacial score (nSPS) is 18.6. The van der Waals surface area contributed by atoms with E-state index in [0.717, 1.165) is 31.4 Å². The zero-order valence-corrected chi connectivity index (χ0v) is 17.4. The van der Waals surface area contributed by atoms with E-state index in [4.69, 9.17) is 18.9 Å². The molecule has 3 rings (SSSR count). The summed E-state index contributed by atoms with van der Waals surface area (Å²) in [5, 5.41) is 3.12. The van der Waals surface area contributed by atoms with Gasteiger partial charge in [-0.3, -0.25) is 9.78 Å². The SMILES string of the molecule is COc1cnc(C)cc1C(=O)NC1CCC(Oc2cccc(OC)c2OC)CC1. The Balaban J connectivity index is 1.58. The van der Waals surface area contributed by atoms with Crippen LogP contribution in [-0.2, 0) is 0 Å². The molecule has 1 saturated carbocycles. The number of para-hydroxylation sites is 1. The molecule has 156 valence electrons. The Morgan fingerprint density at radius 2 is 1.69 bits per heavy atom. The van der Waals surface area contributed by atoms with Gasteiger partial charge in [0.2, 0.25) is 5.75 Å². The van der Waals surface area contributed by atoms with E-state index in [0.29, 0.717) is 28.6 Å². The first-order valence-corrected chi connectivity index (χ1v) is 9.74. The molecule has 0 aliphatic heterocycles. The highest BCUT2D eigenvalue weighted by Crippen LogP contribution is 2.38. The van der Waals surface area contributed by atoms with E-state index in [1.165, 1.54) is 0 Å². The summed E-state index contributed by atoms with van der Waals surface area (Å²) >= 11 is 0. The topological polar surface area (TPSA) is 78.9 Å². The quantitative estimate of drug-likeness (QED) is 0.766. The number of benzene rings is 1. The van der Waals surface area contributed by atoms with Crippen LogP contribution in [0.4, 0.5) is 0 Å². The Morgan fingerprint density at radius 3 is 2.34 bits per heavy atom. The number of aryl methyl sites for hydroxylation is 1. The summed E-state index contributed by atoms with van der Waals surface area (Å²) < 4.78 is 22.2. The third-order valence-corrected chi connectivity index (χ3v) is 5.14. The Bertz CT molecular complexity index is 847. The molecule has 0 spiro atoms. The predicted molar refractivity (Wildman–Crippen MR) is 109 cm³/mol. The highest BCUT2D eigenvalue weighted by Gasteiger charge is 2.26. The van der Waals surface area contributed by atoms with Gasteiger partial charge in [0, 0.05) is 11.7 Å². The summed E-state index contributed by atoms with van der Waals surface area (Å²) in [7, 11) is 4.75. The van der Waals surface area contributed by atoms with Gasteiger partial charge in [-0.25, -0.2) is 0 Å². The van der Waals surface area contributed by atoms with Crippen LogP contribution in [0.15, 0.2) is 30.5 Å². The van der Waals surface area contributed by atoms with Crippen molar-refractivity contribution in [3.8, 4) is 23.0 Å². The van der Waals surface area contributed by atoms with Gasteiger partial charge < -0.3 is 24.3 Å². The summed E-state index contributed by atoms with van der Waals surface area (Å²) in [4.78, 5) is 16.9. The average Bonchev–Trinajstić information content (AvgIpc) is 2.74. The summed E-state index contributed by atoms with van der Waals surface area (Å²) in [6.07, 6.45) is 5.03. The number of aromatic nitrogens is 1. The van der Waals surface area contributed by atoms with Crippen LogP contribution in [0.3, 0.4) is 0 Å². The first kappa shape index (κ1) is 20.8. The molecule has 0 unspecified atom stereocenters. The van der Waals surface area contributed by atoms with Crippen molar-refractivity contribution >= 4 is 5.91 Å². The molecule has 1 aromatic carbocycles. The Kier molecular flexibility index (Phi) is 6.80. The van der Waals surface area contributed by atoms with Gasteiger partial charge in [-0.2, -0.15) is 0 Å². The number of nitrogens with one attached hydrogen (secondary N) is 1. The zero-order chi connectivity index (χ0) is 20.8. The molecule has 0 saturated heterocycles. The van der Waals surface area contributed by atoms with Gasteiger partial charge in [0.25, 0.3) is 5.91 Å². The maximum Gasteiger partial charge on any atom is 0.255 e. The van der Waals surface area contributed by atoms with Crippen LogP contribution in [0.25, 0.3) is 0 Å². The highest BCUT2D eigenvalue weighted by molar-refractivity contribution is 5.97. The molecule has 0 radical (unpaired) electrons. The lowest BCUT2D eigenvalue weighted by Crippen LogP contribution is -2.39. The number of pyridine rings is 1. The molecule has 7 heteroatoms. The number of carbonyl (C=O) groups is 1. The van der Waals surface area contributed by atoms with Crippen LogP contribution < -0.4 is 24.3 Å². The first-order chi connectivity index (χ1) is 14.0. The Hall–Kier alpha value is -2.96. The van der Waals surface area contributed by atoms with Crippen molar-refractivity contribution in [3.05, 3.63) is 41.7 Å². The van der Waals surface area contributed by atoms with Crippen LogP contribution in [0.1, 0.15) is 41.7 Å². The third kappa shape index (κ3) is 4.91. The molecule has 1 N–H and O–H groups in total. The lowest BCUT2D eigenvalue weighted by molar-refractivity contribution is 0.0888. The van der Waals surface area contributed by atoms with Crippen molar-refractivity contribution in [1.82, 2.24) is 10.3 Å². The molecule has 1 fully saturated rings. The van der Waals surface area contributed by atoms with E-state index in [1.807, 2.05) is 25.1 Å². The monoisotopic (exact) mass is 400 g/mol. The largest absolute Gasteiger partial charge is 0.494 e. The molecule has 1 amide bonds. The van der Waals surface area contributed by atoms with E-state index in [1.54, 1.807) is 33.6 Å². The van der Waals surface area contributed by atoms with Crippen molar-refractivity contribution in [2.24, 2.45) is 0 Å². The average molecular weight is 400 g/mol. The minimum atomic E-state index is -0.133. The van der Waals surface area contributed by atoms with E-state index in [-0.39, 0.29) is 18.1 Å². The molecule has 0 atom stereocenters. The van der Waals surface area contributed by atoms with Crippen molar-refractivity contribution < 1.29 is 23.7 Å².